The predicted octanol–water partition coefficient (Wildman–Crippen LogP) is 2.77. The minimum atomic E-state index is -6.78. The Morgan fingerprint density at radius 3 is 1.80 bits per heavy atom. The molecule has 20 heavy (non-hydrogen) atoms. The van der Waals surface area contributed by atoms with Gasteiger partial charge in [0, 0.05) is 0 Å². The topological polar surface area (TPSA) is 63.6 Å². The molecule has 0 fully saturated rings. The second-order valence-electron chi connectivity index (χ2n) is 3.50. The lowest BCUT2D eigenvalue weighted by atomic mass is 10.3. The summed E-state index contributed by atoms with van der Waals surface area (Å²) in [6.45, 7) is 0. The molecular formula is C9H6F6O4S. The van der Waals surface area contributed by atoms with Gasteiger partial charge in [-0.2, -0.15) is 34.8 Å². The van der Waals surface area contributed by atoms with E-state index in [4.69, 9.17) is 4.55 Å². The molecule has 0 heterocycles. The van der Waals surface area contributed by atoms with Crippen molar-refractivity contribution in [2.45, 2.75) is 17.3 Å². The first-order chi connectivity index (χ1) is 8.83. The maximum atomic E-state index is 13.1. The van der Waals surface area contributed by atoms with Crippen molar-refractivity contribution in [2.24, 2.45) is 0 Å². The number of para-hydroxylation sites is 1. The van der Waals surface area contributed by atoms with E-state index in [0.717, 1.165) is 24.3 Å². The van der Waals surface area contributed by atoms with Gasteiger partial charge in [0.05, 0.1) is 0 Å². The molecule has 0 saturated heterocycles. The summed E-state index contributed by atoms with van der Waals surface area (Å²) in [4.78, 5) is 0. The molecule has 0 aromatic heterocycles. The van der Waals surface area contributed by atoms with Crippen LogP contribution in [0.15, 0.2) is 30.3 Å². The van der Waals surface area contributed by atoms with Crippen LogP contribution >= 0.6 is 0 Å². The van der Waals surface area contributed by atoms with Crippen molar-refractivity contribution in [1.82, 2.24) is 0 Å². The molecule has 0 saturated carbocycles. The van der Waals surface area contributed by atoms with E-state index < -0.39 is 33.2 Å². The SMILES string of the molecule is O=S(=O)(O)C(F)(F)C(F)(F)C(F)(F)Oc1ccccc1. The van der Waals surface area contributed by atoms with E-state index in [0.29, 0.717) is 0 Å². The fourth-order valence-corrected chi connectivity index (χ4v) is 1.47. The third kappa shape index (κ3) is 2.68. The highest BCUT2D eigenvalue weighted by atomic mass is 32.2. The Bertz CT molecular complexity index is 571. The van der Waals surface area contributed by atoms with Gasteiger partial charge in [0.1, 0.15) is 5.75 Å². The molecule has 0 aliphatic heterocycles. The Balaban J connectivity index is 3.19. The van der Waals surface area contributed by atoms with Crippen LogP contribution in [0.3, 0.4) is 0 Å². The number of halogens is 6. The van der Waals surface area contributed by atoms with Gasteiger partial charge >= 0.3 is 27.4 Å². The van der Waals surface area contributed by atoms with Crippen LogP contribution in [0.2, 0.25) is 0 Å². The third-order valence-electron chi connectivity index (χ3n) is 2.04. The highest BCUT2D eigenvalue weighted by Gasteiger charge is 2.79. The molecule has 0 amide bonds. The second-order valence-corrected chi connectivity index (χ2v) is 4.96. The Kier molecular flexibility index (Phi) is 3.98. The van der Waals surface area contributed by atoms with E-state index in [9.17, 15) is 34.8 Å². The van der Waals surface area contributed by atoms with E-state index in [2.05, 4.69) is 4.74 Å². The molecule has 0 aliphatic rings. The van der Waals surface area contributed by atoms with Gasteiger partial charge in [-0.3, -0.25) is 4.55 Å². The van der Waals surface area contributed by atoms with Crippen molar-refractivity contribution < 1.29 is 44.0 Å². The summed E-state index contributed by atoms with van der Waals surface area (Å²) in [5, 5.41) is -6.43. The zero-order valence-corrected chi connectivity index (χ0v) is 10.1. The van der Waals surface area contributed by atoms with Crippen LogP contribution in [0.1, 0.15) is 0 Å². The highest BCUT2D eigenvalue weighted by molar-refractivity contribution is 7.87. The molecule has 114 valence electrons. The number of benzene rings is 1. The van der Waals surface area contributed by atoms with Crippen molar-refractivity contribution >= 4 is 10.1 Å². The minimum absolute atomic E-state index is 0.760. The van der Waals surface area contributed by atoms with Gasteiger partial charge in [0.2, 0.25) is 0 Å². The lowest BCUT2D eigenvalue weighted by Crippen LogP contribution is -2.59. The summed E-state index contributed by atoms with van der Waals surface area (Å²) in [6, 6.07) is 5.00. The van der Waals surface area contributed by atoms with Gasteiger partial charge in [-0.1, -0.05) is 18.2 Å². The molecule has 0 radical (unpaired) electrons. The smallest absolute Gasteiger partial charge is 0.428 e. The molecule has 0 atom stereocenters. The molecule has 1 rings (SSSR count). The Morgan fingerprint density at radius 2 is 1.40 bits per heavy atom. The van der Waals surface area contributed by atoms with Crippen LogP contribution in [-0.4, -0.2) is 30.3 Å². The summed E-state index contributed by atoms with van der Waals surface area (Å²) in [6.07, 6.45) is -5.88. The van der Waals surface area contributed by atoms with Crippen molar-refractivity contribution in [3.05, 3.63) is 30.3 Å². The summed E-state index contributed by atoms with van der Waals surface area (Å²) < 4.78 is 109. The number of hydrogen-bond acceptors (Lipinski definition) is 3. The van der Waals surface area contributed by atoms with E-state index in [1.54, 1.807) is 0 Å². The van der Waals surface area contributed by atoms with Crippen molar-refractivity contribution in [3.8, 4) is 5.75 Å². The Morgan fingerprint density at radius 1 is 0.950 bits per heavy atom. The van der Waals surface area contributed by atoms with Crippen LogP contribution in [0.25, 0.3) is 0 Å². The fourth-order valence-electron chi connectivity index (χ4n) is 1.03. The molecule has 4 nitrogen and oxygen atoms in total. The summed E-state index contributed by atoms with van der Waals surface area (Å²) in [7, 11) is -6.78. The van der Waals surface area contributed by atoms with E-state index in [1.165, 1.54) is 6.07 Å². The minimum Gasteiger partial charge on any atom is -0.428 e. The predicted molar refractivity (Wildman–Crippen MR) is 53.5 cm³/mol. The molecular weight excluding hydrogens is 318 g/mol. The third-order valence-corrected chi connectivity index (χ3v) is 2.95. The van der Waals surface area contributed by atoms with E-state index in [1.807, 2.05) is 0 Å². The van der Waals surface area contributed by atoms with Crippen molar-refractivity contribution in [2.75, 3.05) is 0 Å². The average Bonchev–Trinajstić information content (AvgIpc) is 2.27. The standard InChI is InChI=1S/C9H6F6O4S/c10-7(11,9(14,15)20(16,17)18)8(12,13)19-6-4-2-1-3-5-6/h1-5H,(H,16,17,18). The monoisotopic (exact) mass is 324 g/mol. The average molecular weight is 324 g/mol. The number of rotatable bonds is 5. The molecule has 1 N–H and O–H groups in total. The van der Waals surface area contributed by atoms with Crippen LogP contribution in [0.4, 0.5) is 26.3 Å². The molecule has 0 bridgehead atoms. The molecule has 11 heteroatoms. The molecule has 1 aromatic carbocycles. The molecule has 0 unspecified atom stereocenters. The van der Waals surface area contributed by atoms with E-state index >= 15 is 0 Å². The molecule has 0 aliphatic carbocycles. The van der Waals surface area contributed by atoms with Crippen LogP contribution < -0.4 is 4.74 Å². The van der Waals surface area contributed by atoms with Gasteiger partial charge in [-0.15, -0.1) is 0 Å². The van der Waals surface area contributed by atoms with Gasteiger partial charge < -0.3 is 4.74 Å². The lowest BCUT2D eigenvalue weighted by molar-refractivity contribution is -0.353. The van der Waals surface area contributed by atoms with E-state index in [-0.39, 0.29) is 0 Å². The quantitative estimate of drug-likeness (QED) is 0.668. The Hall–Kier alpha value is -1.49. The summed E-state index contributed by atoms with van der Waals surface area (Å²) >= 11 is 0. The first-order valence-electron chi connectivity index (χ1n) is 4.67. The normalized spacial score (nSPS) is 14.2. The summed E-state index contributed by atoms with van der Waals surface area (Å²) in [5.41, 5.74) is 0. The van der Waals surface area contributed by atoms with Gasteiger partial charge in [-0.25, -0.2) is 0 Å². The zero-order valence-electron chi connectivity index (χ0n) is 9.23. The summed E-state index contributed by atoms with van der Waals surface area (Å²) in [5.74, 6) is -7.40. The first kappa shape index (κ1) is 16.6. The number of ether oxygens (including phenoxy) is 1. The zero-order chi connectivity index (χ0) is 15.8. The highest BCUT2D eigenvalue weighted by Crippen LogP contribution is 2.48. The maximum absolute atomic E-state index is 13.1. The fraction of sp³-hybridized carbons (Fsp3) is 0.333. The van der Waals surface area contributed by atoms with Gasteiger partial charge in [0.15, 0.2) is 0 Å². The molecule has 0 spiro atoms. The van der Waals surface area contributed by atoms with Gasteiger partial charge in [0.25, 0.3) is 0 Å². The first-order valence-corrected chi connectivity index (χ1v) is 6.11. The van der Waals surface area contributed by atoms with Gasteiger partial charge in [-0.05, 0) is 12.1 Å². The lowest BCUT2D eigenvalue weighted by Gasteiger charge is -2.30. The van der Waals surface area contributed by atoms with Crippen molar-refractivity contribution in [3.63, 3.8) is 0 Å². The number of alkyl halides is 6. The number of hydrogen-bond donors (Lipinski definition) is 1. The second kappa shape index (κ2) is 4.81. The van der Waals surface area contributed by atoms with Crippen LogP contribution in [-0.2, 0) is 10.1 Å². The van der Waals surface area contributed by atoms with Crippen molar-refractivity contribution in [1.29, 1.82) is 0 Å². The van der Waals surface area contributed by atoms with Crippen LogP contribution in [0.5, 0.6) is 5.75 Å². The Labute approximate surface area is 108 Å². The molecule has 1 aromatic rings. The van der Waals surface area contributed by atoms with Crippen LogP contribution in [0, 0.1) is 0 Å². The maximum Gasteiger partial charge on any atom is 0.472 e. The largest absolute Gasteiger partial charge is 0.472 e.